The van der Waals surface area contributed by atoms with E-state index in [0.29, 0.717) is 12.8 Å². The van der Waals surface area contributed by atoms with Crippen LogP contribution in [-0.4, -0.2) is 46.1 Å². The number of allylic oxidation sites excluding steroid dienone is 4. The van der Waals surface area contributed by atoms with E-state index in [0.717, 1.165) is 91.1 Å². The number of H-pyrrole nitrogens is 2. The highest BCUT2D eigenvalue weighted by Crippen LogP contribution is 2.37. The SMILES string of the molecule is CCC1=C(C)c2cc3[nH]c(cc4[nH]c(cc5nc(cc1n2)C(C)=C5CC)c(C)c4CCC(=O)OC)c(CCC(=O)OC)c3C. The summed E-state index contributed by atoms with van der Waals surface area (Å²) in [6.07, 6.45) is 3.30. The molecule has 8 nitrogen and oxygen atoms in total. The predicted molar refractivity (Wildman–Crippen MR) is 177 cm³/mol. The van der Waals surface area contributed by atoms with Gasteiger partial charge in [0.15, 0.2) is 0 Å². The predicted octanol–water partition coefficient (Wildman–Crippen LogP) is 7.82. The largest absolute Gasteiger partial charge is 0.469 e. The molecule has 5 rings (SSSR count). The number of methoxy groups -OCH3 is 2. The van der Waals surface area contributed by atoms with Gasteiger partial charge in [0.2, 0.25) is 0 Å². The zero-order valence-corrected chi connectivity index (χ0v) is 27.1. The monoisotopic (exact) mass is 594 g/mol. The molecule has 0 saturated heterocycles. The number of aromatic amines is 2. The third-order valence-electron chi connectivity index (χ3n) is 9.12. The lowest BCUT2D eigenvalue weighted by molar-refractivity contribution is -0.141. The summed E-state index contributed by atoms with van der Waals surface area (Å²) in [5.74, 6) is -0.506. The molecule has 0 saturated carbocycles. The number of nitrogens with zero attached hydrogens (tertiary/aromatic N) is 2. The molecule has 230 valence electrons. The summed E-state index contributed by atoms with van der Waals surface area (Å²) in [7, 11) is 2.83. The van der Waals surface area contributed by atoms with Gasteiger partial charge in [0.05, 0.1) is 37.0 Å². The summed E-state index contributed by atoms with van der Waals surface area (Å²) in [5, 5.41) is 0. The van der Waals surface area contributed by atoms with Crippen molar-refractivity contribution in [3.05, 3.63) is 69.3 Å². The van der Waals surface area contributed by atoms with Gasteiger partial charge in [-0.3, -0.25) is 9.59 Å². The minimum atomic E-state index is -0.253. The van der Waals surface area contributed by atoms with Crippen LogP contribution in [0.4, 0.5) is 0 Å². The number of carbonyl (C=O) groups excluding carboxylic acids is 2. The highest BCUT2D eigenvalue weighted by atomic mass is 16.5. The normalized spacial score (nSPS) is 13.1. The lowest BCUT2D eigenvalue weighted by atomic mass is 10.0. The summed E-state index contributed by atoms with van der Waals surface area (Å²) < 4.78 is 9.93. The van der Waals surface area contributed by atoms with Gasteiger partial charge in [0.1, 0.15) is 0 Å². The van der Waals surface area contributed by atoms with Crippen LogP contribution in [0.25, 0.3) is 44.4 Å². The Morgan fingerprint density at radius 1 is 0.614 bits per heavy atom. The fourth-order valence-corrected chi connectivity index (χ4v) is 6.41. The molecule has 3 aromatic heterocycles. The van der Waals surface area contributed by atoms with Crippen LogP contribution in [0.1, 0.15) is 98.4 Å². The molecule has 0 amide bonds. The molecule has 0 unspecified atom stereocenters. The van der Waals surface area contributed by atoms with E-state index < -0.39 is 0 Å². The second-order valence-corrected chi connectivity index (χ2v) is 11.5. The minimum absolute atomic E-state index is 0.253. The number of fused-ring (bicyclic) bond motifs is 8. The van der Waals surface area contributed by atoms with Crippen LogP contribution in [0.3, 0.4) is 0 Å². The molecule has 0 atom stereocenters. The summed E-state index contributed by atoms with van der Waals surface area (Å²) in [6.45, 7) is 12.8. The van der Waals surface area contributed by atoms with Crippen molar-refractivity contribution in [3.8, 4) is 0 Å². The van der Waals surface area contributed by atoms with Crippen LogP contribution in [0.2, 0.25) is 0 Å². The number of esters is 2. The molecule has 0 aliphatic carbocycles. The molecule has 8 bridgehead atoms. The van der Waals surface area contributed by atoms with Crippen LogP contribution in [-0.2, 0) is 31.9 Å². The first-order valence-corrected chi connectivity index (χ1v) is 15.4. The van der Waals surface area contributed by atoms with Crippen LogP contribution >= 0.6 is 0 Å². The van der Waals surface area contributed by atoms with Gasteiger partial charge in [-0.15, -0.1) is 0 Å². The Morgan fingerprint density at radius 2 is 1.02 bits per heavy atom. The van der Waals surface area contributed by atoms with E-state index in [1.165, 1.54) is 25.4 Å². The smallest absolute Gasteiger partial charge is 0.305 e. The van der Waals surface area contributed by atoms with Gasteiger partial charge in [-0.2, -0.15) is 0 Å². The average Bonchev–Trinajstić information content (AvgIpc) is 3.67. The maximum atomic E-state index is 12.2. The Bertz CT molecular complexity index is 1890. The van der Waals surface area contributed by atoms with Gasteiger partial charge in [-0.1, -0.05) is 13.8 Å². The Balaban J connectivity index is 1.91. The number of aryl methyl sites for hydroxylation is 4. The van der Waals surface area contributed by atoms with Crippen molar-refractivity contribution in [3.63, 3.8) is 0 Å². The van der Waals surface area contributed by atoms with Crippen molar-refractivity contribution in [2.75, 3.05) is 14.2 Å². The summed E-state index contributed by atoms with van der Waals surface area (Å²) in [5.41, 5.74) is 16.4. The second kappa shape index (κ2) is 12.6. The van der Waals surface area contributed by atoms with E-state index in [2.05, 4.69) is 75.8 Å². The van der Waals surface area contributed by atoms with Crippen molar-refractivity contribution < 1.29 is 19.1 Å². The molecule has 44 heavy (non-hydrogen) atoms. The topological polar surface area (TPSA) is 110 Å². The van der Waals surface area contributed by atoms with Gasteiger partial charge < -0.3 is 19.4 Å². The average molecular weight is 595 g/mol. The van der Waals surface area contributed by atoms with E-state index in [4.69, 9.17) is 19.4 Å². The second-order valence-electron chi connectivity index (χ2n) is 11.5. The number of nitrogens with one attached hydrogen (secondary N) is 2. The lowest BCUT2D eigenvalue weighted by Crippen LogP contribution is -2.02. The zero-order valence-electron chi connectivity index (χ0n) is 27.1. The quantitative estimate of drug-likeness (QED) is 0.257. The van der Waals surface area contributed by atoms with Crippen LogP contribution in [0.5, 0.6) is 0 Å². The van der Waals surface area contributed by atoms with E-state index in [9.17, 15) is 9.59 Å². The molecular weight excluding hydrogens is 552 g/mol. The fourth-order valence-electron chi connectivity index (χ4n) is 6.41. The van der Waals surface area contributed by atoms with Gasteiger partial charge in [-0.25, -0.2) is 9.97 Å². The third-order valence-corrected chi connectivity index (χ3v) is 9.12. The Hall–Kier alpha value is -4.46. The molecule has 5 heterocycles. The molecule has 2 aliphatic rings. The standard InChI is InChI=1S/C36H42N4O4/c1-9-23-19(3)27-15-28-21(5)25(11-13-35(41)43-7)33(39-28)18-34-26(12-14-36(42)44-8)22(6)30(40-34)17-32-24(10-2)20(4)29(38-32)16-31(23)37-27/h15-18,39-40H,9-14H2,1-8H3. The van der Waals surface area contributed by atoms with Gasteiger partial charge in [-0.05, 0) is 122 Å². The highest BCUT2D eigenvalue weighted by Gasteiger charge is 2.21. The van der Waals surface area contributed by atoms with Gasteiger partial charge in [0, 0.05) is 34.9 Å². The molecule has 0 fully saturated rings. The Morgan fingerprint density at radius 3 is 1.45 bits per heavy atom. The first-order valence-electron chi connectivity index (χ1n) is 15.4. The molecule has 0 radical (unpaired) electrons. The Kier molecular flexibility index (Phi) is 8.90. The number of ether oxygens (including phenoxy) is 2. The fraction of sp³-hybridized carbons (Fsp3) is 0.389. The van der Waals surface area contributed by atoms with Crippen molar-refractivity contribution in [1.29, 1.82) is 0 Å². The zero-order chi connectivity index (χ0) is 31.7. The molecule has 2 N–H and O–H groups in total. The number of carbonyl (C=O) groups is 2. The van der Waals surface area contributed by atoms with Crippen LogP contribution in [0.15, 0.2) is 24.3 Å². The first kappa shape index (κ1) is 31.0. The maximum absolute atomic E-state index is 12.2. The third kappa shape index (κ3) is 5.73. The summed E-state index contributed by atoms with van der Waals surface area (Å²) in [6, 6.07) is 8.45. The molecular formula is C36H42N4O4. The van der Waals surface area contributed by atoms with Crippen molar-refractivity contribution in [2.24, 2.45) is 0 Å². The van der Waals surface area contributed by atoms with Crippen LogP contribution < -0.4 is 0 Å². The number of aromatic nitrogens is 4. The molecule has 8 heteroatoms. The van der Waals surface area contributed by atoms with E-state index in [1.807, 2.05) is 0 Å². The number of rotatable bonds is 8. The molecule has 3 aromatic rings. The molecule has 0 spiro atoms. The first-order chi connectivity index (χ1) is 21.1. The van der Waals surface area contributed by atoms with Gasteiger partial charge in [0.25, 0.3) is 0 Å². The van der Waals surface area contributed by atoms with Crippen molar-refractivity contribution >= 4 is 56.3 Å². The van der Waals surface area contributed by atoms with Crippen molar-refractivity contribution in [1.82, 2.24) is 19.9 Å². The van der Waals surface area contributed by atoms with E-state index in [-0.39, 0.29) is 24.8 Å². The highest BCUT2D eigenvalue weighted by molar-refractivity contribution is 5.95. The number of hydrogen-bond acceptors (Lipinski definition) is 6. The van der Waals surface area contributed by atoms with E-state index >= 15 is 0 Å². The lowest BCUT2D eigenvalue weighted by Gasteiger charge is -2.02. The van der Waals surface area contributed by atoms with E-state index in [1.54, 1.807) is 0 Å². The van der Waals surface area contributed by atoms with Crippen molar-refractivity contribution in [2.45, 2.75) is 80.1 Å². The minimum Gasteiger partial charge on any atom is -0.469 e. The maximum Gasteiger partial charge on any atom is 0.305 e. The van der Waals surface area contributed by atoms with Gasteiger partial charge >= 0.3 is 11.9 Å². The molecule has 0 aromatic carbocycles. The molecule has 2 aliphatic heterocycles. The Labute approximate surface area is 258 Å². The summed E-state index contributed by atoms with van der Waals surface area (Å²) >= 11 is 0. The number of hydrogen-bond donors (Lipinski definition) is 2. The summed E-state index contributed by atoms with van der Waals surface area (Å²) in [4.78, 5) is 41.9. The van der Waals surface area contributed by atoms with Crippen LogP contribution in [0, 0.1) is 13.8 Å².